The molecule has 2 bridgehead atoms. The molecule has 2 aliphatic carbocycles. The maximum Gasteiger partial charge on any atom is 0.240 e. The zero-order chi connectivity index (χ0) is 22.2. The van der Waals surface area contributed by atoms with E-state index in [2.05, 4.69) is 10.0 Å². The normalized spacial score (nSPS) is 23.6. The third-order valence-corrected chi connectivity index (χ3v) is 8.89. The van der Waals surface area contributed by atoms with E-state index in [1.807, 2.05) is 6.92 Å². The molecule has 0 radical (unpaired) electrons. The van der Waals surface area contributed by atoms with Gasteiger partial charge < -0.3 is 5.32 Å². The molecule has 8 heteroatoms. The van der Waals surface area contributed by atoms with Crippen LogP contribution in [-0.2, 0) is 21.2 Å². The maximum absolute atomic E-state index is 12.8. The smallest absolute Gasteiger partial charge is 0.240 e. The fourth-order valence-electron chi connectivity index (χ4n) is 5.06. The van der Waals surface area contributed by atoms with Gasteiger partial charge in [0, 0.05) is 11.7 Å². The van der Waals surface area contributed by atoms with Gasteiger partial charge in [0.15, 0.2) is 0 Å². The number of sulfonamides is 1. The summed E-state index contributed by atoms with van der Waals surface area (Å²) in [4.78, 5) is 12.5. The van der Waals surface area contributed by atoms with Crippen LogP contribution in [0.5, 0.6) is 0 Å². The van der Waals surface area contributed by atoms with E-state index >= 15 is 0 Å². The molecular weight excluding hydrogens is 455 g/mol. The van der Waals surface area contributed by atoms with E-state index in [4.69, 9.17) is 23.2 Å². The van der Waals surface area contributed by atoms with Crippen LogP contribution in [-0.4, -0.2) is 20.4 Å². The van der Waals surface area contributed by atoms with Crippen LogP contribution in [0.1, 0.15) is 38.2 Å². The molecule has 166 valence electrons. The van der Waals surface area contributed by atoms with Crippen molar-refractivity contribution in [3.63, 3.8) is 0 Å². The van der Waals surface area contributed by atoms with Crippen LogP contribution in [0.15, 0.2) is 47.4 Å². The summed E-state index contributed by atoms with van der Waals surface area (Å²) in [5.41, 5.74) is 1.27. The minimum absolute atomic E-state index is 0.0779. The van der Waals surface area contributed by atoms with Crippen LogP contribution in [0.2, 0.25) is 10.0 Å². The van der Waals surface area contributed by atoms with E-state index in [1.165, 1.54) is 31.4 Å². The van der Waals surface area contributed by atoms with Gasteiger partial charge in [-0.15, -0.1) is 0 Å². The average Bonchev–Trinajstić information content (AvgIpc) is 3.34. The molecule has 2 fully saturated rings. The topological polar surface area (TPSA) is 75.3 Å². The Morgan fingerprint density at radius 1 is 1.06 bits per heavy atom. The molecule has 0 heterocycles. The lowest BCUT2D eigenvalue weighted by atomic mass is 9.84. The zero-order valence-electron chi connectivity index (χ0n) is 17.3. The molecule has 2 N–H and O–H groups in total. The lowest BCUT2D eigenvalue weighted by molar-refractivity contribution is -0.115. The third-order valence-electron chi connectivity index (χ3n) is 6.57. The maximum atomic E-state index is 12.8. The van der Waals surface area contributed by atoms with Crippen molar-refractivity contribution in [1.82, 2.24) is 4.72 Å². The Bertz CT molecular complexity index is 1070. The molecule has 0 spiro atoms. The zero-order valence-corrected chi connectivity index (χ0v) is 19.6. The molecule has 0 saturated heterocycles. The predicted molar refractivity (Wildman–Crippen MR) is 124 cm³/mol. The molecule has 0 aromatic heterocycles. The van der Waals surface area contributed by atoms with Gasteiger partial charge in [-0.2, -0.15) is 0 Å². The minimum Gasteiger partial charge on any atom is -0.326 e. The van der Waals surface area contributed by atoms with Crippen LogP contribution in [0.4, 0.5) is 5.69 Å². The summed E-state index contributed by atoms with van der Waals surface area (Å²) in [6.45, 7) is 1.97. The molecule has 5 nitrogen and oxygen atoms in total. The fourth-order valence-corrected chi connectivity index (χ4v) is 6.68. The number of benzene rings is 2. The van der Waals surface area contributed by atoms with Crippen LogP contribution < -0.4 is 10.0 Å². The van der Waals surface area contributed by atoms with E-state index in [1.54, 1.807) is 30.3 Å². The molecule has 31 heavy (non-hydrogen) atoms. The van der Waals surface area contributed by atoms with Gasteiger partial charge in [-0.1, -0.05) is 35.7 Å². The molecule has 0 unspecified atom stereocenters. The number of rotatable bonds is 7. The molecule has 4 atom stereocenters. The van der Waals surface area contributed by atoms with Crippen molar-refractivity contribution in [3.05, 3.63) is 58.1 Å². The van der Waals surface area contributed by atoms with Crippen molar-refractivity contribution in [2.75, 3.05) is 5.32 Å². The summed E-state index contributed by atoms with van der Waals surface area (Å²) in [6, 6.07) is 11.2. The number of nitrogens with one attached hydrogen (secondary N) is 2. The second-order valence-electron chi connectivity index (χ2n) is 8.75. The highest BCUT2D eigenvalue weighted by Gasteiger charge is 2.42. The van der Waals surface area contributed by atoms with E-state index in [9.17, 15) is 13.2 Å². The summed E-state index contributed by atoms with van der Waals surface area (Å²) >= 11 is 11.9. The molecule has 4 rings (SSSR count). The molecule has 2 saturated carbocycles. The summed E-state index contributed by atoms with van der Waals surface area (Å²) in [6.07, 6.45) is 5.02. The number of carbonyl (C=O) groups excluding carboxylic acids is 1. The lowest BCUT2D eigenvalue weighted by Crippen LogP contribution is -2.40. The summed E-state index contributed by atoms with van der Waals surface area (Å²) in [7, 11) is -3.61. The van der Waals surface area contributed by atoms with E-state index in [0.717, 1.165) is 17.9 Å². The number of amides is 1. The van der Waals surface area contributed by atoms with Gasteiger partial charge in [0.25, 0.3) is 0 Å². The van der Waals surface area contributed by atoms with Gasteiger partial charge in [0.1, 0.15) is 0 Å². The van der Waals surface area contributed by atoms with Crippen molar-refractivity contribution in [3.8, 4) is 0 Å². The monoisotopic (exact) mass is 480 g/mol. The minimum atomic E-state index is -3.61. The molecule has 2 aromatic carbocycles. The number of anilines is 1. The predicted octanol–water partition coefficient (Wildman–Crippen LogP) is 5.28. The Balaban J connectivity index is 1.35. The second-order valence-corrected chi connectivity index (χ2v) is 11.3. The van der Waals surface area contributed by atoms with Gasteiger partial charge >= 0.3 is 0 Å². The first-order valence-electron chi connectivity index (χ1n) is 10.6. The van der Waals surface area contributed by atoms with Crippen LogP contribution in [0.3, 0.4) is 0 Å². The molecule has 0 aliphatic heterocycles. The highest BCUT2D eigenvalue weighted by Crippen LogP contribution is 2.49. The van der Waals surface area contributed by atoms with Crippen LogP contribution in [0.25, 0.3) is 0 Å². The number of fused-ring (bicyclic) bond motifs is 2. The number of halogens is 2. The van der Waals surface area contributed by atoms with Gasteiger partial charge in [-0.05, 0) is 85.9 Å². The Labute approximate surface area is 193 Å². The van der Waals surface area contributed by atoms with Crippen molar-refractivity contribution >= 4 is 44.8 Å². The van der Waals surface area contributed by atoms with Crippen molar-refractivity contribution in [2.45, 2.75) is 50.0 Å². The second kappa shape index (κ2) is 9.10. The Morgan fingerprint density at radius 3 is 2.42 bits per heavy atom. The first-order chi connectivity index (χ1) is 14.7. The van der Waals surface area contributed by atoms with E-state index in [0.29, 0.717) is 27.6 Å². The van der Waals surface area contributed by atoms with Crippen molar-refractivity contribution in [1.29, 1.82) is 0 Å². The molecular formula is C23H26Cl2N2O3S. The van der Waals surface area contributed by atoms with Crippen LogP contribution in [0, 0.1) is 17.8 Å². The number of carbonyl (C=O) groups is 1. The van der Waals surface area contributed by atoms with Gasteiger partial charge in [0.2, 0.25) is 15.9 Å². The lowest BCUT2D eigenvalue weighted by Gasteiger charge is -2.28. The molecule has 2 aromatic rings. The van der Waals surface area contributed by atoms with Crippen molar-refractivity contribution < 1.29 is 13.2 Å². The first-order valence-corrected chi connectivity index (χ1v) is 12.8. The molecule has 2 aliphatic rings. The standard InChI is InChI=1S/C23H26Cl2N2O3S/c1-14(20-11-15-2-4-17(20)10-15)27-31(29,30)19-7-5-18(6-8-19)26-23(28)13-16-3-9-21(24)22(25)12-16/h3,5-9,12,14-15,17,20,27H,2,4,10-11,13H2,1H3,(H,26,28)/t14-,15+,17+,20+/m1/s1. The van der Waals surface area contributed by atoms with Crippen LogP contribution >= 0.6 is 23.2 Å². The van der Waals surface area contributed by atoms with Crippen molar-refractivity contribution in [2.24, 2.45) is 17.8 Å². The summed E-state index contributed by atoms with van der Waals surface area (Å²) < 4.78 is 28.5. The molecule has 1 amide bonds. The fraction of sp³-hybridized carbons (Fsp3) is 0.435. The highest BCUT2D eigenvalue weighted by atomic mass is 35.5. The van der Waals surface area contributed by atoms with Gasteiger partial charge in [-0.3, -0.25) is 4.79 Å². The number of hydrogen-bond acceptors (Lipinski definition) is 3. The first kappa shape index (κ1) is 22.6. The summed E-state index contributed by atoms with van der Waals surface area (Å²) in [5.74, 6) is 1.62. The Hall–Kier alpha value is -1.60. The number of hydrogen-bond donors (Lipinski definition) is 2. The Morgan fingerprint density at radius 2 is 1.81 bits per heavy atom. The highest BCUT2D eigenvalue weighted by molar-refractivity contribution is 7.89. The van der Waals surface area contributed by atoms with E-state index < -0.39 is 10.0 Å². The van der Waals surface area contributed by atoms with Gasteiger partial charge in [-0.25, -0.2) is 13.1 Å². The summed E-state index contributed by atoms with van der Waals surface area (Å²) in [5, 5.41) is 3.61. The SMILES string of the molecule is C[C@@H](NS(=O)(=O)c1ccc(NC(=O)Cc2ccc(Cl)c(Cl)c2)cc1)[C@@H]1C[C@H]2CC[C@H]1C2. The third kappa shape index (κ3) is 5.25. The largest absolute Gasteiger partial charge is 0.326 e. The van der Waals surface area contributed by atoms with Gasteiger partial charge in [0.05, 0.1) is 21.4 Å². The quantitative estimate of drug-likeness (QED) is 0.565. The Kier molecular flexibility index (Phi) is 6.63. The average molecular weight is 481 g/mol. The van der Waals surface area contributed by atoms with E-state index in [-0.39, 0.29) is 23.3 Å².